The lowest BCUT2D eigenvalue weighted by Gasteiger charge is -1.54. The molecule has 0 heterocycles. The molecule has 0 unspecified atom stereocenters. The molecule has 0 spiro atoms. The lowest BCUT2D eigenvalue weighted by atomic mass is 10.5. The summed E-state index contributed by atoms with van der Waals surface area (Å²) in [5.74, 6) is 15.4. The third-order valence-corrected chi connectivity index (χ3v) is 0.559. The Bertz CT molecular complexity index is 306. The highest BCUT2D eigenvalue weighted by molar-refractivity contribution is 5.37. The molecule has 0 fully saturated rings. The molecule has 0 aromatic rings. The number of allylic oxidation sites excluding steroid dienone is 1. The van der Waals surface area contributed by atoms with E-state index in [4.69, 9.17) is 0 Å². The summed E-state index contributed by atoms with van der Waals surface area (Å²) in [6.45, 7) is 5.06. The lowest BCUT2D eigenvalue weighted by Crippen LogP contribution is -1.50. The molecule has 0 N–H and O–H groups in total. The molecular weight excluding hydrogens is 120 g/mol. The van der Waals surface area contributed by atoms with Crippen LogP contribution in [0.3, 0.4) is 0 Å². The number of hydrogen-bond acceptors (Lipinski definition) is 0. The molecule has 0 amide bonds. The molecule has 0 aromatic heterocycles. The summed E-state index contributed by atoms with van der Waals surface area (Å²) in [6, 6.07) is 0. The first-order valence-corrected chi connectivity index (χ1v) is 2.68. The molecule has 0 rings (SSSR count). The molecule has 10 heavy (non-hydrogen) atoms. The van der Waals surface area contributed by atoms with Crippen LogP contribution in [-0.4, -0.2) is 0 Å². The first-order chi connectivity index (χ1) is 4.91. The standard InChI is InChI=1S/C10H6/c1-3-5-7-9-10-8-6-4-2/h5H,1H2,2H3. The van der Waals surface area contributed by atoms with Gasteiger partial charge < -0.3 is 0 Å². The largest absolute Gasteiger partial charge is 0.120 e. The molecule has 46 valence electrons. The summed E-state index contributed by atoms with van der Waals surface area (Å²) in [6.07, 6.45) is 1.51. The first-order valence-electron chi connectivity index (χ1n) is 2.68. The molecule has 0 aliphatic carbocycles. The van der Waals surface area contributed by atoms with Crippen LogP contribution in [-0.2, 0) is 0 Å². The van der Waals surface area contributed by atoms with Crippen molar-refractivity contribution in [3.63, 3.8) is 0 Å². The normalized spacial score (nSPS) is 4.10. The fraction of sp³-hybridized carbons (Fsp3) is 0.100. The Labute approximate surface area is 61.6 Å². The van der Waals surface area contributed by atoms with Crippen LogP contribution in [0.1, 0.15) is 6.92 Å². The van der Waals surface area contributed by atoms with E-state index < -0.39 is 0 Å². The second-order valence-electron chi connectivity index (χ2n) is 1.24. The van der Waals surface area contributed by atoms with Crippen LogP contribution in [0.4, 0.5) is 0 Å². The maximum Gasteiger partial charge on any atom is 0.0306 e. The van der Waals surface area contributed by atoms with E-state index in [0.29, 0.717) is 0 Å². The van der Waals surface area contributed by atoms with Crippen LogP contribution in [0.2, 0.25) is 0 Å². The Kier molecular flexibility index (Phi) is 5.90. The summed E-state index contributed by atoms with van der Waals surface area (Å²) in [7, 11) is 0. The Morgan fingerprint density at radius 1 is 1.10 bits per heavy atom. The van der Waals surface area contributed by atoms with E-state index in [-0.39, 0.29) is 0 Å². The molecule has 0 heteroatoms. The van der Waals surface area contributed by atoms with Gasteiger partial charge in [0.1, 0.15) is 0 Å². The molecule has 0 saturated carbocycles. The second kappa shape index (κ2) is 7.20. The lowest BCUT2D eigenvalue weighted by molar-refractivity contribution is 1.92. The van der Waals surface area contributed by atoms with Gasteiger partial charge in [-0.1, -0.05) is 18.4 Å². The van der Waals surface area contributed by atoms with Gasteiger partial charge in [0.05, 0.1) is 0 Å². The van der Waals surface area contributed by atoms with Gasteiger partial charge >= 0.3 is 0 Å². The number of hydrogen-bond donors (Lipinski definition) is 0. The van der Waals surface area contributed by atoms with Gasteiger partial charge in [-0.2, -0.15) is 0 Å². The fourth-order valence-corrected chi connectivity index (χ4v) is 0.248. The van der Waals surface area contributed by atoms with Crippen molar-refractivity contribution in [3.05, 3.63) is 18.4 Å². The van der Waals surface area contributed by atoms with Crippen molar-refractivity contribution in [1.29, 1.82) is 0 Å². The average molecular weight is 126 g/mol. The third-order valence-electron chi connectivity index (χ3n) is 0.559. The zero-order valence-corrected chi connectivity index (χ0v) is 5.78. The van der Waals surface area contributed by atoms with E-state index in [9.17, 15) is 0 Å². The topological polar surface area (TPSA) is 0 Å². The van der Waals surface area contributed by atoms with Gasteiger partial charge in [0.25, 0.3) is 0 Å². The highest BCUT2D eigenvalue weighted by Gasteiger charge is 1.51. The van der Waals surface area contributed by atoms with Gasteiger partial charge in [0.15, 0.2) is 0 Å². The SMILES string of the molecule is C=C=CC#CC#CC#CC. The smallest absolute Gasteiger partial charge is 0.0306 e. The first kappa shape index (κ1) is 8.20. The summed E-state index contributed by atoms with van der Waals surface area (Å²) in [4.78, 5) is 0. The van der Waals surface area contributed by atoms with Crippen molar-refractivity contribution in [1.82, 2.24) is 0 Å². The van der Waals surface area contributed by atoms with Crippen molar-refractivity contribution in [2.24, 2.45) is 0 Å². The average Bonchev–Trinajstić information content (AvgIpc) is 1.97. The van der Waals surface area contributed by atoms with E-state index in [0.717, 1.165) is 0 Å². The van der Waals surface area contributed by atoms with Gasteiger partial charge in [0, 0.05) is 6.08 Å². The Balaban J connectivity index is 3.98. The maximum atomic E-state index is 3.34. The van der Waals surface area contributed by atoms with Crippen LogP contribution < -0.4 is 0 Å². The Morgan fingerprint density at radius 2 is 1.80 bits per heavy atom. The fourth-order valence-electron chi connectivity index (χ4n) is 0.248. The van der Waals surface area contributed by atoms with Gasteiger partial charge in [-0.05, 0) is 30.6 Å². The van der Waals surface area contributed by atoms with Crippen molar-refractivity contribution in [2.75, 3.05) is 0 Å². The van der Waals surface area contributed by atoms with Crippen molar-refractivity contribution >= 4 is 0 Å². The summed E-state index contributed by atoms with van der Waals surface area (Å²) >= 11 is 0. The molecule has 0 aliphatic rings. The maximum absolute atomic E-state index is 3.34. The van der Waals surface area contributed by atoms with Crippen LogP contribution in [0, 0.1) is 35.5 Å². The molecule has 0 radical (unpaired) electrons. The molecule has 0 atom stereocenters. The highest BCUT2D eigenvalue weighted by Crippen LogP contribution is 1.57. The highest BCUT2D eigenvalue weighted by atomic mass is 13.5. The molecule has 0 bridgehead atoms. The quantitative estimate of drug-likeness (QED) is 0.339. The minimum absolute atomic E-state index is 1.51. The monoisotopic (exact) mass is 126 g/mol. The van der Waals surface area contributed by atoms with Crippen molar-refractivity contribution in [2.45, 2.75) is 6.92 Å². The molecular formula is C10H6. The minimum Gasteiger partial charge on any atom is -0.120 e. The second-order valence-corrected chi connectivity index (χ2v) is 1.24. The van der Waals surface area contributed by atoms with Gasteiger partial charge in [-0.3, -0.25) is 0 Å². The third kappa shape index (κ3) is 6.20. The zero-order chi connectivity index (χ0) is 7.66. The van der Waals surface area contributed by atoms with E-state index in [1.165, 1.54) is 6.08 Å². The van der Waals surface area contributed by atoms with Crippen LogP contribution >= 0.6 is 0 Å². The van der Waals surface area contributed by atoms with Crippen LogP contribution in [0.15, 0.2) is 18.4 Å². The number of rotatable bonds is 0. The summed E-state index contributed by atoms with van der Waals surface area (Å²) < 4.78 is 0. The Morgan fingerprint density at radius 3 is 2.40 bits per heavy atom. The van der Waals surface area contributed by atoms with Gasteiger partial charge in [-0.25, -0.2) is 0 Å². The Hall–Kier alpha value is -1.80. The van der Waals surface area contributed by atoms with Crippen molar-refractivity contribution < 1.29 is 0 Å². The summed E-state index contributed by atoms with van der Waals surface area (Å²) in [5, 5.41) is 0. The van der Waals surface area contributed by atoms with E-state index in [1.807, 2.05) is 0 Å². The molecule has 0 saturated heterocycles. The van der Waals surface area contributed by atoms with Gasteiger partial charge in [0.2, 0.25) is 0 Å². The zero-order valence-electron chi connectivity index (χ0n) is 5.78. The van der Waals surface area contributed by atoms with Crippen molar-refractivity contribution in [3.8, 4) is 35.5 Å². The summed E-state index contributed by atoms with van der Waals surface area (Å²) in [5.41, 5.74) is 2.51. The molecule has 0 nitrogen and oxygen atoms in total. The molecule has 0 aliphatic heterocycles. The van der Waals surface area contributed by atoms with Crippen LogP contribution in [0.5, 0.6) is 0 Å². The predicted octanol–water partition coefficient (Wildman–Crippen LogP) is 1.36. The predicted molar refractivity (Wildman–Crippen MR) is 42.7 cm³/mol. The van der Waals surface area contributed by atoms with E-state index in [2.05, 4.69) is 47.8 Å². The van der Waals surface area contributed by atoms with Gasteiger partial charge in [-0.15, -0.1) is 5.73 Å². The van der Waals surface area contributed by atoms with E-state index in [1.54, 1.807) is 6.92 Å². The van der Waals surface area contributed by atoms with E-state index >= 15 is 0 Å². The van der Waals surface area contributed by atoms with Crippen LogP contribution in [0.25, 0.3) is 0 Å². The molecule has 0 aromatic carbocycles. The minimum atomic E-state index is 1.51.